The summed E-state index contributed by atoms with van der Waals surface area (Å²) in [6.07, 6.45) is 9.88. The van der Waals surface area contributed by atoms with Gasteiger partial charge in [-0.2, -0.15) is 0 Å². The second-order valence-electron chi connectivity index (χ2n) is 6.10. The zero-order chi connectivity index (χ0) is 19.8. The summed E-state index contributed by atoms with van der Waals surface area (Å²) in [6, 6.07) is 15.4. The van der Waals surface area contributed by atoms with Crippen molar-refractivity contribution in [2.75, 3.05) is 5.73 Å². The maximum Gasteiger partial charge on any atom is 0.0705 e. The second kappa shape index (κ2) is 9.35. The molecule has 0 saturated heterocycles. The Hall–Kier alpha value is -3.39. The predicted octanol–water partition coefficient (Wildman–Crippen LogP) is 6.33. The lowest BCUT2D eigenvalue weighted by Gasteiger charge is -2.12. The summed E-state index contributed by atoms with van der Waals surface area (Å²) in [5.41, 5.74) is 12.6. The van der Waals surface area contributed by atoms with Gasteiger partial charge in [0.2, 0.25) is 0 Å². The highest BCUT2D eigenvalue weighted by Crippen LogP contribution is 2.27. The highest BCUT2D eigenvalue weighted by Gasteiger charge is 2.10. The van der Waals surface area contributed by atoms with Crippen molar-refractivity contribution in [3.05, 3.63) is 120 Å². The first-order chi connectivity index (χ1) is 13.0. The molecule has 136 valence electrons. The number of hydrogen-bond donors (Lipinski definition) is 2. The Labute approximate surface area is 162 Å². The molecule has 0 atom stereocenters. The van der Waals surface area contributed by atoms with Crippen molar-refractivity contribution in [3.8, 4) is 0 Å². The first kappa shape index (κ1) is 19.9. The van der Waals surface area contributed by atoms with Gasteiger partial charge in [0.05, 0.1) is 5.71 Å². The van der Waals surface area contributed by atoms with Gasteiger partial charge in [-0.25, -0.2) is 0 Å². The van der Waals surface area contributed by atoms with Gasteiger partial charge in [-0.3, -0.25) is 5.41 Å². The molecule has 0 spiro atoms. The van der Waals surface area contributed by atoms with E-state index >= 15 is 0 Å². The number of para-hydroxylation sites is 1. The van der Waals surface area contributed by atoms with Crippen LogP contribution in [-0.2, 0) is 0 Å². The van der Waals surface area contributed by atoms with E-state index in [-0.39, 0.29) is 0 Å². The van der Waals surface area contributed by atoms with Gasteiger partial charge in [0.25, 0.3) is 0 Å². The van der Waals surface area contributed by atoms with E-state index in [4.69, 9.17) is 11.1 Å². The number of nitrogens with one attached hydrogen (secondary N) is 1. The van der Waals surface area contributed by atoms with Gasteiger partial charge in [-0.05, 0) is 42.2 Å². The molecule has 0 saturated carbocycles. The van der Waals surface area contributed by atoms with E-state index in [9.17, 15) is 0 Å². The van der Waals surface area contributed by atoms with Crippen LogP contribution >= 0.6 is 0 Å². The van der Waals surface area contributed by atoms with E-state index in [0.29, 0.717) is 11.4 Å². The van der Waals surface area contributed by atoms with Crippen LogP contribution < -0.4 is 5.73 Å². The van der Waals surface area contributed by atoms with Gasteiger partial charge in [0, 0.05) is 16.8 Å². The summed E-state index contributed by atoms with van der Waals surface area (Å²) < 4.78 is 0. The fourth-order valence-electron chi connectivity index (χ4n) is 2.85. The quantitative estimate of drug-likeness (QED) is 0.340. The number of nitrogens with two attached hydrogens (primary N) is 1. The van der Waals surface area contributed by atoms with Crippen LogP contribution in [0.5, 0.6) is 0 Å². The van der Waals surface area contributed by atoms with Crippen molar-refractivity contribution in [1.29, 1.82) is 5.41 Å². The standard InChI is InChI=1S/C25H26N2/c1-5-10-21(18(4)7-3)22(11-6-2)19-14-16-20(17-15-19)25(27)23-12-8-9-13-24(23)26/h5-17,27H,3-4,26H2,1-2H3/b10-5-,11-6-,22-21+,27-25?. The molecule has 0 fully saturated rings. The average Bonchev–Trinajstić information content (AvgIpc) is 2.70. The summed E-state index contributed by atoms with van der Waals surface area (Å²) in [4.78, 5) is 0. The molecule has 0 bridgehead atoms. The van der Waals surface area contributed by atoms with Gasteiger partial charge >= 0.3 is 0 Å². The Bertz CT molecular complexity index is 939. The van der Waals surface area contributed by atoms with Gasteiger partial charge in [0.15, 0.2) is 0 Å². The molecule has 0 heterocycles. The number of hydrogen-bond acceptors (Lipinski definition) is 2. The van der Waals surface area contributed by atoms with Gasteiger partial charge in [0.1, 0.15) is 0 Å². The van der Waals surface area contributed by atoms with Crippen LogP contribution in [0.3, 0.4) is 0 Å². The smallest absolute Gasteiger partial charge is 0.0705 e. The Morgan fingerprint density at radius 2 is 1.52 bits per heavy atom. The molecule has 0 aliphatic rings. The Morgan fingerprint density at radius 1 is 0.926 bits per heavy atom. The van der Waals surface area contributed by atoms with Crippen LogP contribution in [0, 0.1) is 5.41 Å². The summed E-state index contributed by atoms with van der Waals surface area (Å²) >= 11 is 0. The molecule has 2 rings (SSSR count). The van der Waals surface area contributed by atoms with Crippen LogP contribution in [0.1, 0.15) is 30.5 Å². The molecular weight excluding hydrogens is 328 g/mol. The van der Waals surface area contributed by atoms with Crippen LogP contribution in [-0.4, -0.2) is 5.71 Å². The molecule has 27 heavy (non-hydrogen) atoms. The van der Waals surface area contributed by atoms with Gasteiger partial charge < -0.3 is 5.73 Å². The van der Waals surface area contributed by atoms with Crippen molar-refractivity contribution in [2.45, 2.75) is 13.8 Å². The van der Waals surface area contributed by atoms with E-state index in [0.717, 1.165) is 33.4 Å². The number of anilines is 1. The fraction of sp³-hybridized carbons (Fsp3) is 0.0800. The van der Waals surface area contributed by atoms with Crippen LogP contribution in [0.25, 0.3) is 5.57 Å². The summed E-state index contributed by atoms with van der Waals surface area (Å²) in [5.74, 6) is 0. The molecule has 2 nitrogen and oxygen atoms in total. The maximum atomic E-state index is 8.47. The molecule has 0 amide bonds. The number of rotatable bonds is 7. The molecule has 2 aromatic carbocycles. The minimum absolute atomic E-state index is 0.417. The number of benzene rings is 2. The molecule has 0 unspecified atom stereocenters. The molecule has 0 radical (unpaired) electrons. The molecule has 2 heteroatoms. The fourth-order valence-corrected chi connectivity index (χ4v) is 2.85. The summed E-state index contributed by atoms with van der Waals surface area (Å²) in [5, 5.41) is 8.47. The van der Waals surface area contributed by atoms with E-state index < -0.39 is 0 Å². The molecule has 2 aromatic rings. The van der Waals surface area contributed by atoms with E-state index in [2.05, 4.69) is 19.2 Å². The first-order valence-corrected chi connectivity index (χ1v) is 8.89. The zero-order valence-electron chi connectivity index (χ0n) is 16.0. The Balaban J connectivity index is 2.50. The first-order valence-electron chi connectivity index (χ1n) is 8.89. The maximum absolute atomic E-state index is 8.47. The number of nitrogen functional groups attached to an aromatic ring is 1. The normalized spacial score (nSPS) is 12.2. The van der Waals surface area contributed by atoms with E-state index in [1.165, 1.54) is 0 Å². The van der Waals surface area contributed by atoms with Crippen molar-refractivity contribution in [3.63, 3.8) is 0 Å². The topological polar surface area (TPSA) is 49.9 Å². The molecule has 0 aliphatic carbocycles. The minimum Gasteiger partial charge on any atom is -0.398 e. The largest absolute Gasteiger partial charge is 0.398 e. The van der Waals surface area contributed by atoms with Gasteiger partial charge in [-0.15, -0.1) is 0 Å². The lowest BCUT2D eigenvalue weighted by molar-refractivity contribution is 1.44. The molecule has 3 N–H and O–H groups in total. The van der Waals surface area contributed by atoms with Crippen LogP contribution in [0.15, 0.2) is 103 Å². The lowest BCUT2D eigenvalue weighted by atomic mass is 9.92. The minimum atomic E-state index is 0.417. The highest BCUT2D eigenvalue weighted by molar-refractivity contribution is 6.13. The summed E-state index contributed by atoms with van der Waals surface area (Å²) in [6.45, 7) is 11.9. The van der Waals surface area contributed by atoms with Crippen molar-refractivity contribution in [1.82, 2.24) is 0 Å². The highest BCUT2D eigenvalue weighted by atomic mass is 14.6. The van der Waals surface area contributed by atoms with Crippen LogP contribution in [0.4, 0.5) is 5.69 Å². The zero-order valence-corrected chi connectivity index (χ0v) is 16.0. The molecule has 0 aliphatic heterocycles. The lowest BCUT2D eigenvalue weighted by Crippen LogP contribution is -2.05. The van der Waals surface area contributed by atoms with Crippen molar-refractivity contribution >= 4 is 17.0 Å². The van der Waals surface area contributed by atoms with Crippen LogP contribution in [0.2, 0.25) is 0 Å². The number of allylic oxidation sites excluding steroid dienone is 8. The Kier molecular flexibility index (Phi) is 6.90. The van der Waals surface area contributed by atoms with Gasteiger partial charge in [-0.1, -0.05) is 86.0 Å². The van der Waals surface area contributed by atoms with Crippen molar-refractivity contribution < 1.29 is 0 Å². The van der Waals surface area contributed by atoms with E-state index in [1.807, 2.05) is 80.6 Å². The molecule has 0 aromatic heterocycles. The SMILES string of the molecule is C=CC(=C)C(/C=C\C)=C(\C=C/C)c1ccc(C(=N)c2ccccc2N)cc1. The Morgan fingerprint density at radius 3 is 2.07 bits per heavy atom. The third kappa shape index (κ3) is 4.62. The summed E-state index contributed by atoms with van der Waals surface area (Å²) in [7, 11) is 0. The van der Waals surface area contributed by atoms with Crippen molar-refractivity contribution in [2.24, 2.45) is 0 Å². The third-order valence-corrected chi connectivity index (χ3v) is 4.26. The average molecular weight is 354 g/mol. The monoisotopic (exact) mass is 354 g/mol. The second-order valence-corrected chi connectivity index (χ2v) is 6.10. The predicted molar refractivity (Wildman–Crippen MR) is 119 cm³/mol. The third-order valence-electron chi connectivity index (χ3n) is 4.26. The molecular formula is C25H26N2. The van der Waals surface area contributed by atoms with E-state index in [1.54, 1.807) is 6.08 Å².